The van der Waals surface area contributed by atoms with Gasteiger partial charge in [0.25, 0.3) is 5.91 Å². The number of hydrogen-bond donors (Lipinski definition) is 1. The number of amides is 1. The lowest BCUT2D eigenvalue weighted by Crippen LogP contribution is -2.18. The zero-order valence-corrected chi connectivity index (χ0v) is 21.0. The molecule has 6 rings (SSSR count). The summed E-state index contributed by atoms with van der Waals surface area (Å²) in [5.41, 5.74) is 6.43. The molecule has 7 heteroatoms. The van der Waals surface area contributed by atoms with E-state index in [4.69, 9.17) is 4.98 Å². The van der Waals surface area contributed by atoms with Crippen LogP contribution < -0.4 is 5.32 Å². The van der Waals surface area contributed by atoms with Crippen LogP contribution in [0.4, 0.5) is 5.69 Å². The Hall–Kier alpha value is -3.81. The first kappa shape index (κ1) is 22.6. The van der Waals surface area contributed by atoms with Gasteiger partial charge in [-0.25, -0.2) is 9.97 Å². The van der Waals surface area contributed by atoms with Crippen LogP contribution in [0, 0.1) is 0 Å². The van der Waals surface area contributed by atoms with E-state index >= 15 is 0 Å². The molecule has 180 valence electrons. The van der Waals surface area contributed by atoms with Gasteiger partial charge in [0.1, 0.15) is 21.0 Å². The van der Waals surface area contributed by atoms with Crippen LogP contribution in [0.3, 0.4) is 0 Å². The van der Waals surface area contributed by atoms with Crippen molar-refractivity contribution in [1.82, 2.24) is 19.4 Å². The van der Waals surface area contributed by atoms with Crippen LogP contribution in [0.15, 0.2) is 79.1 Å². The Balaban J connectivity index is 1.26. The van der Waals surface area contributed by atoms with Crippen LogP contribution in [-0.2, 0) is 13.6 Å². The Morgan fingerprint density at radius 1 is 1.00 bits per heavy atom. The van der Waals surface area contributed by atoms with E-state index in [1.54, 1.807) is 11.3 Å². The average molecular weight is 494 g/mol. The van der Waals surface area contributed by atoms with E-state index in [1.807, 2.05) is 84.7 Å². The molecule has 36 heavy (non-hydrogen) atoms. The number of rotatable bonds is 6. The molecule has 0 unspecified atom stereocenters. The molecule has 5 aromatic rings. The number of thiazole rings is 1. The molecule has 0 aliphatic carbocycles. The van der Waals surface area contributed by atoms with Crippen LogP contribution >= 0.6 is 11.3 Å². The Kier molecular flexibility index (Phi) is 6.09. The fraction of sp³-hybridized carbons (Fsp3) is 0.207. The van der Waals surface area contributed by atoms with Crippen molar-refractivity contribution >= 4 is 33.3 Å². The monoisotopic (exact) mass is 493 g/mol. The molecule has 2 aromatic carbocycles. The van der Waals surface area contributed by atoms with Crippen molar-refractivity contribution in [2.24, 2.45) is 7.05 Å². The third kappa shape index (κ3) is 4.55. The lowest BCUT2D eigenvalue weighted by molar-refractivity contribution is 0.101. The van der Waals surface area contributed by atoms with Crippen molar-refractivity contribution < 1.29 is 4.79 Å². The number of carbonyl (C=O) groups excluding carboxylic acids is 1. The number of hydrogen-bond acceptors (Lipinski definition) is 5. The number of aromatic nitrogens is 3. The molecule has 1 saturated heterocycles. The molecule has 6 nitrogen and oxygen atoms in total. The second-order valence-corrected chi connectivity index (χ2v) is 10.2. The smallest absolute Gasteiger partial charge is 0.272 e. The van der Waals surface area contributed by atoms with Crippen molar-refractivity contribution in [3.05, 3.63) is 90.4 Å². The number of fused-ring (bicyclic) bond motifs is 1. The number of aryl methyl sites for hydroxylation is 1. The highest BCUT2D eigenvalue weighted by Gasteiger charge is 2.18. The molecule has 1 amide bonds. The number of para-hydroxylation sites is 1. The summed E-state index contributed by atoms with van der Waals surface area (Å²) < 4.78 is 1.86. The van der Waals surface area contributed by atoms with E-state index in [0.717, 1.165) is 57.4 Å². The molecule has 1 N–H and O–H groups in total. The Morgan fingerprint density at radius 2 is 1.78 bits per heavy atom. The van der Waals surface area contributed by atoms with Gasteiger partial charge in [-0.1, -0.05) is 53.8 Å². The Morgan fingerprint density at radius 3 is 2.61 bits per heavy atom. The van der Waals surface area contributed by atoms with Crippen molar-refractivity contribution in [3.8, 4) is 21.7 Å². The molecule has 1 aliphatic heterocycles. The molecule has 0 spiro atoms. The van der Waals surface area contributed by atoms with E-state index in [-0.39, 0.29) is 5.91 Å². The van der Waals surface area contributed by atoms with Gasteiger partial charge in [0, 0.05) is 37.1 Å². The molecule has 0 saturated carbocycles. The first-order valence-corrected chi connectivity index (χ1v) is 13.1. The third-order valence-electron chi connectivity index (χ3n) is 6.66. The highest BCUT2D eigenvalue weighted by Crippen LogP contribution is 2.34. The summed E-state index contributed by atoms with van der Waals surface area (Å²) in [5, 5.41) is 3.97. The topological polar surface area (TPSA) is 63.1 Å². The third-order valence-corrected chi connectivity index (χ3v) is 7.67. The lowest BCUT2D eigenvalue weighted by atomic mass is 10.1. The highest BCUT2D eigenvalue weighted by molar-refractivity contribution is 7.21. The molecule has 0 radical (unpaired) electrons. The fourth-order valence-electron chi connectivity index (χ4n) is 4.81. The molecule has 1 fully saturated rings. The number of pyridine rings is 1. The van der Waals surface area contributed by atoms with Gasteiger partial charge in [-0.15, -0.1) is 0 Å². The number of anilines is 1. The Labute approximate surface area is 214 Å². The summed E-state index contributed by atoms with van der Waals surface area (Å²) in [4.78, 5) is 26.2. The standard InChI is InChI=1S/C29H27N5OS/c1-33-19-22(21-9-3-2-4-10-21)16-26(33)27(35)31-24-12-6-5-11-23(24)28-32-25-15-20(17-30-29(25)36-28)18-34-13-7-8-14-34/h2-6,9-12,15-17,19H,7-8,13-14,18H2,1H3,(H,31,35). The number of likely N-dealkylation sites (tertiary alicyclic amines) is 1. The van der Waals surface area contributed by atoms with E-state index in [0.29, 0.717) is 5.69 Å². The van der Waals surface area contributed by atoms with Gasteiger partial charge in [-0.3, -0.25) is 9.69 Å². The minimum atomic E-state index is -0.153. The van der Waals surface area contributed by atoms with Gasteiger partial charge in [0.15, 0.2) is 0 Å². The summed E-state index contributed by atoms with van der Waals surface area (Å²) in [7, 11) is 1.90. The largest absolute Gasteiger partial charge is 0.346 e. The van der Waals surface area contributed by atoms with Gasteiger partial charge in [0.2, 0.25) is 0 Å². The highest BCUT2D eigenvalue weighted by atomic mass is 32.1. The number of nitrogens with one attached hydrogen (secondary N) is 1. The maximum absolute atomic E-state index is 13.3. The predicted octanol–water partition coefficient (Wildman–Crippen LogP) is 6.21. The van der Waals surface area contributed by atoms with Crippen molar-refractivity contribution in [2.75, 3.05) is 18.4 Å². The van der Waals surface area contributed by atoms with Crippen molar-refractivity contribution in [3.63, 3.8) is 0 Å². The first-order valence-electron chi connectivity index (χ1n) is 12.2. The van der Waals surface area contributed by atoms with Crippen molar-refractivity contribution in [1.29, 1.82) is 0 Å². The zero-order chi connectivity index (χ0) is 24.5. The summed E-state index contributed by atoms with van der Waals surface area (Å²) >= 11 is 1.55. The molecule has 4 heterocycles. The second kappa shape index (κ2) is 9.68. The van der Waals surface area contributed by atoms with Crippen LogP contribution in [0.1, 0.15) is 28.9 Å². The molecular formula is C29H27N5OS. The number of carbonyl (C=O) groups is 1. The molecule has 3 aromatic heterocycles. The van der Waals surface area contributed by atoms with E-state index < -0.39 is 0 Å². The fourth-order valence-corrected chi connectivity index (χ4v) is 5.74. The molecule has 1 aliphatic rings. The summed E-state index contributed by atoms with van der Waals surface area (Å²) in [5.74, 6) is -0.153. The van der Waals surface area contributed by atoms with Crippen LogP contribution in [0.25, 0.3) is 32.0 Å². The minimum absolute atomic E-state index is 0.153. The molecular weight excluding hydrogens is 466 g/mol. The normalized spacial score (nSPS) is 13.9. The van der Waals surface area contributed by atoms with Gasteiger partial charge >= 0.3 is 0 Å². The zero-order valence-electron chi connectivity index (χ0n) is 20.1. The van der Waals surface area contributed by atoms with Gasteiger partial charge in [-0.05, 0) is 61.3 Å². The van der Waals surface area contributed by atoms with Gasteiger partial charge < -0.3 is 9.88 Å². The van der Waals surface area contributed by atoms with Crippen LogP contribution in [0.2, 0.25) is 0 Å². The summed E-state index contributed by atoms with van der Waals surface area (Å²) in [6, 6.07) is 22.0. The van der Waals surface area contributed by atoms with Gasteiger partial charge in [-0.2, -0.15) is 0 Å². The first-order chi connectivity index (χ1) is 17.6. The maximum Gasteiger partial charge on any atom is 0.272 e. The predicted molar refractivity (Wildman–Crippen MR) is 146 cm³/mol. The minimum Gasteiger partial charge on any atom is -0.346 e. The van der Waals surface area contributed by atoms with E-state index in [9.17, 15) is 4.79 Å². The lowest BCUT2D eigenvalue weighted by Gasteiger charge is -2.13. The second-order valence-electron chi connectivity index (χ2n) is 9.26. The van der Waals surface area contributed by atoms with Crippen LogP contribution in [-0.4, -0.2) is 38.4 Å². The Bertz CT molecular complexity index is 1530. The average Bonchev–Trinajstić information content (AvgIpc) is 3.65. The molecule has 0 bridgehead atoms. The number of benzene rings is 2. The van der Waals surface area contributed by atoms with Crippen molar-refractivity contribution in [2.45, 2.75) is 19.4 Å². The number of nitrogens with zero attached hydrogens (tertiary/aromatic N) is 4. The summed E-state index contributed by atoms with van der Waals surface area (Å²) in [6.07, 6.45) is 6.50. The van der Waals surface area contributed by atoms with Gasteiger partial charge in [0.05, 0.1) is 5.69 Å². The van der Waals surface area contributed by atoms with E-state index in [1.165, 1.54) is 18.4 Å². The van der Waals surface area contributed by atoms with Crippen LogP contribution in [0.5, 0.6) is 0 Å². The maximum atomic E-state index is 13.3. The summed E-state index contributed by atoms with van der Waals surface area (Å²) in [6.45, 7) is 3.23. The quantitative estimate of drug-likeness (QED) is 0.305. The van der Waals surface area contributed by atoms with E-state index in [2.05, 4.69) is 21.3 Å². The SMILES string of the molecule is Cn1cc(-c2ccccc2)cc1C(=O)Nc1ccccc1-c1nc2cc(CN3CCCC3)cnc2s1. The molecule has 0 atom stereocenters.